The van der Waals surface area contributed by atoms with E-state index in [9.17, 15) is 8.78 Å². The Labute approximate surface area is 76.1 Å². The van der Waals surface area contributed by atoms with Crippen LogP contribution >= 0.6 is 12.2 Å². The monoisotopic (exact) mass is 197 g/mol. The molecule has 2 N–H and O–H groups in total. The predicted molar refractivity (Wildman–Crippen MR) is 47.5 cm³/mol. The summed E-state index contributed by atoms with van der Waals surface area (Å²) in [6, 6.07) is 0. The highest BCUT2D eigenvalue weighted by Crippen LogP contribution is 1.98. The van der Waals surface area contributed by atoms with Crippen LogP contribution in [0.4, 0.5) is 8.78 Å². The first-order valence-electron chi connectivity index (χ1n) is 3.77. The molecule has 0 aliphatic carbocycles. The number of unbranched alkanes of at least 4 members (excludes halogenated alkanes) is 1. The second-order valence-corrected chi connectivity index (χ2v) is 2.91. The maximum absolute atomic E-state index is 11.5. The van der Waals surface area contributed by atoms with E-state index in [1.54, 1.807) is 0 Å². The highest BCUT2D eigenvalue weighted by atomic mass is 32.1. The van der Waals surface area contributed by atoms with Crippen molar-refractivity contribution in [1.82, 2.24) is 0 Å². The SMILES string of the molecule is NC(=S)CCCCOCC(F)F. The summed E-state index contributed by atoms with van der Waals surface area (Å²) in [6.07, 6.45) is -0.184. The van der Waals surface area contributed by atoms with Gasteiger partial charge >= 0.3 is 0 Å². The fourth-order valence-electron chi connectivity index (χ4n) is 0.676. The summed E-state index contributed by atoms with van der Waals surface area (Å²) in [5, 5.41) is 0. The molecule has 0 aliphatic rings. The van der Waals surface area contributed by atoms with Crippen molar-refractivity contribution >= 4 is 17.2 Å². The van der Waals surface area contributed by atoms with E-state index in [0.717, 1.165) is 12.8 Å². The van der Waals surface area contributed by atoms with Crippen molar-refractivity contribution in [2.24, 2.45) is 5.73 Å². The van der Waals surface area contributed by atoms with Crippen molar-refractivity contribution in [3.63, 3.8) is 0 Å². The van der Waals surface area contributed by atoms with Crippen molar-refractivity contribution < 1.29 is 13.5 Å². The van der Waals surface area contributed by atoms with Crippen molar-refractivity contribution in [3.05, 3.63) is 0 Å². The lowest BCUT2D eigenvalue weighted by molar-refractivity contribution is 0.0164. The highest BCUT2D eigenvalue weighted by Gasteiger charge is 2.00. The van der Waals surface area contributed by atoms with Crippen LogP contribution in [-0.4, -0.2) is 24.6 Å². The van der Waals surface area contributed by atoms with Gasteiger partial charge in [0.15, 0.2) is 0 Å². The van der Waals surface area contributed by atoms with Crippen LogP contribution in [0.2, 0.25) is 0 Å². The van der Waals surface area contributed by atoms with Crippen molar-refractivity contribution in [2.75, 3.05) is 13.2 Å². The largest absolute Gasteiger partial charge is 0.393 e. The van der Waals surface area contributed by atoms with Crippen LogP contribution in [-0.2, 0) is 4.74 Å². The molecule has 2 nitrogen and oxygen atoms in total. The molecule has 0 spiro atoms. The number of hydrogen-bond donors (Lipinski definition) is 1. The van der Waals surface area contributed by atoms with Crippen molar-refractivity contribution in [1.29, 1.82) is 0 Å². The third-order valence-corrected chi connectivity index (χ3v) is 1.41. The summed E-state index contributed by atoms with van der Waals surface area (Å²) in [7, 11) is 0. The minimum atomic E-state index is -2.37. The molecule has 5 heteroatoms. The third-order valence-electron chi connectivity index (χ3n) is 1.21. The highest BCUT2D eigenvalue weighted by molar-refractivity contribution is 7.80. The standard InChI is InChI=1S/C7H13F2NOS/c8-6(9)5-11-4-2-1-3-7(10)12/h6H,1-5H2,(H2,10,12). The first-order valence-corrected chi connectivity index (χ1v) is 4.18. The van der Waals surface area contributed by atoms with E-state index in [2.05, 4.69) is 17.0 Å². The molecule has 0 aromatic rings. The van der Waals surface area contributed by atoms with Gasteiger partial charge in [0, 0.05) is 6.61 Å². The Morgan fingerprint density at radius 2 is 2.08 bits per heavy atom. The van der Waals surface area contributed by atoms with E-state index in [0.29, 0.717) is 18.0 Å². The van der Waals surface area contributed by atoms with Crippen LogP contribution in [0.3, 0.4) is 0 Å². The molecule has 0 rings (SSSR count). The normalized spacial score (nSPS) is 10.6. The summed E-state index contributed by atoms with van der Waals surface area (Å²) >= 11 is 4.63. The molecule has 0 atom stereocenters. The molecular formula is C7H13F2NOS. The summed E-state index contributed by atoms with van der Waals surface area (Å²) in [6.45, 7) is -0.125. The summed E-state index contributed by atoms with van der Waals surface area (Å²) in [5.41, 5.74) is 5.23. The van der Waals surface area contributed by atoms with Crippen LogP contribution in [0.15, 0.2) is 0 Å². The molecule has 0 saturated heterocycles. The van der Waals surface area contributed by atoms with Gasteiger partial charge in [-0.25, -0.2) is 8.78 Å². The smallest absolute Gasteiger partial charge is 0.261 e. The van der Waals surface area contributed by atoms with Gasteiger partial charge in [0.1, 0.15) is 6.61 Å². The zero-order chi connectivity index (χ0) is 9.40. The minimum absolute atomic E-state index is 0.354. The number of ether oxygens (including phenoxy) is 1. The van der Waals surface area contributed by atoms with Gasteiger partial charge in [0.2, 0.25) is 0 Å². The number of alkyl halides is 2. The van der Waals surface area contributed by atoms with Gasteiger partial charge in [-0.2, -0.15) is 0 Å². The topological polar surface area (TPSA) is 35.2 Å². The molecule has 0 fully saturated rings. The number of nitrogens with two attached hydrogens (primary N) is 1. The van der Waals surface area contributed by atoms with Crippen LogP contribution in [0.1, 0.15) is 19.3 Å². The molecular weight excluding hydrogens is 184 g/mol. The van der Waals surface area contributed by atoms with Crippen molar-refractivity contribution in [2.45, 2.75) is 25.7 Å². The Morgan fingerprint density at radius 3 is 2.58 bits per heavy atom. The van der Waals surface area contributed by atoms with Gasteiger partial charge in [-0.1, -0.05) is 12.2 Å². The number of rotatable bonds is 7. The molecule has 0 aromatic carbocycles. The van der Waals surface area contributed by atoms with Crippen LogP contribution < -0.4 is 5.73 Å². The molecule has 0 amide bonds. The second-order valence-electron chi connectivity index (χ2n) is 2.39. The van der Waals surface area contributed by atoms with Gasteiger partial charge in [0.05, 0.1) is 4.99 Å². The summed E-state index contributed by atoms with van der Waals surface area (Å²) < 4.78 is 27.7. The minimum Gasteiger partial charge on any atom is -0.393 e. The van der Waals surface area contributed by atoms with E-state index in [-0.39, 0.29) is 0 Å². The zero-order valence-corrected chi connectivity index (χ0v) is 7.58. The quantitative estimate of drug-likeness (QED) is 0.498. The Balaban J connectivity index is 2.96. The Morgan fingerprint density at radius 1 is 1.42 bits per heavy atom. The van der Waals surface area contributed by atoms with Crippen LogP contribution in [0.25, 0.3) is 0 Å². The Kier molecular flexibility index (Phi) is 7.19. The predicted octanol–water partition coefficient (Wildman–Crippen LogP) is 1.72. The molecule has 72 valence electrons. The number of halogens is 2. The first kappa shape index (κ1) is 11.7. The van der Waals surface area contributed by atoms with Gasteiger partial charge < -0.3 is 10.5 Å². The third kappa shape index (κ3) is 9.71. The zero-order valence-electron chi connectivity index (χ0n) is 6.76. The number of hydrogen-bond acceptors (Lipinski definition) is 2. The average molecular weight is 197 g/mol. The molecule has 0 aliphatic heterocycles. The van der Waals surface area contributed by atoms with E-state index < -0.39 is 13.0 Å². The lowest BCUT2D eigenvalue weighted by Gasteiger charge is -2.02. The van der Waals surface area contributed by atoms with Gasteiger partial charge in [-0.15, -0.1) is 0 Å². The molecule has 12 heavy (non-hydrogen) atoms. The van der Waals surface area contributed by atoms with E-state index in [1.807, 2.05) is 0 Å². The van der Waals surface area contributed by atoms with E-state index >= 15 is 0 Å². The average Bonchev–Trinajstić information content (AvgIpc) is 1.95. The second kappa shape index (κ2) is 7.36. The molecule has 0 unspecified atom stereocenters. The fourth-order valence-corrected chi connectivity index (χ4v) is 0.820. The maximum atomic E-state index is 11.5. The molecule has 0 radical (unpaired) electrons. The van der Waals surface area contributed by atoms with Gasteiger partial charge in [-0.3, -0.25) is 0 Å². The number of thiocarbonyl (C=S) groups is 1. The molecule has 0 saturated carbocycles. The van der Waals surface area contributed by atoms with Crippen LogP contribution in [0.5, 0.6) is 0 Å². The van der Waals surface area contributed by atoms with Crippen LogP contribution in [0, 0.1) is 0 Å². The van der Waals surface area contributed by atoms with E-state index in [4.69, 9.17) is 5.73 Å². The molecule has 0 bridgehead atoms. The Hall–Kier alpha value is -0.290. The first-order chi connectivity index (χ1) is 5.63. The summed E-state index contributed by atoms with van der Waals surface area (Å²) in [5.74, 6) is 0. The molecule has 0 aromatic heterocycles. The lowest BCUT2D eigenvalue weighted by atomic mass is 10.2. The molecule has 0 heterocycles. The van der Waals surface area contributed by atoms with Gasteiger partial charge in [-0.05, 0) is 19.3 Å². The maximum Gasteiger partial charge on any atom is 0.261 e. The Bertz CT molecular complexity index is 133. The lowest BCUT2D eigenvalue weighted by Crippen LogP contribution is -2.09. The van der Waals surface area contributed by atoms with E-state index in [1.165, 1.54) is 0 Å². The fraction of sp³-hybridized carbons (Fsp3) is 0.857. The van der Waals surface area contributed by atoms with Crippen molar-refractivity contribution in [3.8, 4) is 0 Å². The van der Waals surface area contributed by atoms with Gasteiger partial charge in [0.25, 0.3) is 6.43 Å². The summed E-state index contributed by atoms with van der Waals surface area (Å²) in [4.78, 5) is 0.462.